The fourth-order valence-electron chi connectivity index (χ4n) is 2.60. The van der Waals surface area contributed by atoms with E-state index in [1.807, 2.05) is 6.92 Å². The second-order valence-corrected chi connectivity index (χ2v) is 5.95. The van der Waals surface area contributed by atoms with Crippen molar-refractivity contribution >= 4 is 0 Å². The number of hydrogen-bond acceptors (Lipinski definition) is 3. The lowest BCUT2D eigenvalue weighted by Gasteiger charge is -2.47. The molecule has 0 radical (unpaired) electrons. The van der Waals surface area contributed by atoms with Gasteiger partial charge in [0.2, 0.25) is 0 Å². The van der Waals surface area contributed by atoms with Crippen LogP contribution in [0.15, 0.2) is 0 Å². The molecule has 1 aliphatic heterocycles. The maximum atomic E-state index is 12.2. The van der Waals surface area contributed by atoms with Gasteiger partial charge in [-0.1, -0.05) is 0 Å². The average Bonchev–Trinajstić information content (AvgIpc) is 2.30. The average molecular weight is 281 g/mol. The molecule has 1 saturated heterocycles. The lowest BCUT2D eigenvalue weighted by molar-refractivity contribution is -0.137. The highest BCUT2D eigenvalue weighted by Crippen LogP contribution is 2.28. The first kappa shape index (κ1) is 16.7. The quantitative estimate of drug-likeness (QED) is 0.837. The molecule has 0 bridgehead atoms. The molecule has 2 atom stereocenters. The highest BCUT2D eigenvalue weighted by Gasteiger charge is 2.35. The molecule has 0 aromatic heterocycles. The molecule has 3 nitrogen and oxygen atoms in total. The summed E-state index contributed by atoms with van der Waals surface area (Å²) in [6.07, 6.45) is -4.13. The van der Waals surface area contributed by atoms with Crippen molar-refractivity contribution < 1.29 is 13.2 Å². The van der Waals surface area contributed by atoms with Gasteiger partial charge in [0.05, 0.1) is 0 Å². The largest absolute Gasteiger partial charge is 0.389 e. The van der Waals surface area contributed by atoms with Crippen molar-refractivity contribution in [1.82, 2.24) is 9.80 Å². The van der Waals surface area contributed by atoms with Crippen molar-refractivity contribution in [2.24, 2.45) is 5.73 Å². The van der Waals surface area contributed by atoms with E-state index in [9.17, 15) is 13.2 Å². The topological polar surface area (TPSA) is 32.5 Å². The molecule has 0 amide bonds. The predicted molar refractivity (Wildman–Crippen MR) is 71.0 cm³/mol. The van der Waals surface area contributed by atoms with Crippen LogP contribution in [0.25, 0.3) is 0 Å². The molecule has 1 heterocycles. The molecule has 114 valence electrons. The molecule has 0 aliphatic carbocycles. The number of alkyl halides is 3. The van der Waals surface area contributed by atoms with E-state index in [4.69, 9.17) is 5.73 Å². The van der Waals surface area contributed by atoms with Crippen molar-refractivity contribution in [2.75, 3.05) is 33.2 Å². The highest BCUT2D eigenvalue weighted by molar-refractivity contribution is 4.92. The minimum Gasteiger partial charge on any atom is -0.329 e. The summed E-state index contributed by atoms with van der Waals surface area (Å²) < 4.78 is 36.7. The number of nitrogens with zero attached hydrogens (tertiary/aromatic N) is 2. The fourth-order valence-corrected chi connectivity index (χ4v) is 2.60. The Morgan fingerprint density at radius 1 is 1.21 bits per heavy atom. The van der Waals surface area contributed by atoms with Gasteiger partial charge >= 0.3 is 6.18 Å². The second kappa shape index (κ2) is 6.41. The van der Waals surface area contributed by atoms with Crippen LogP contribution in [0.2, 0.25) is 0 Å². The van der Waals surface area contributed by atoms with Crippen LogP contribution in [0, 0.1) is 0 Å². The summed E-state index contributed by atoms with van der Waals surface area (Å²) in [6, 6.07) is 0.419. The van der Waals surface area contributed by atoms with Gasteiger partial charge < -0.3 is 10.6 Å². The minimum atomic E-state index is -4.06. The molecule has 1 rings (SSSR count). The first-order chi connectivity index (χ1) is 8.68. The van der Waals surface area contributed by atoms with E-state index in [-0.39, 0.29) is 12.0 Å². The molecule has 0 saturated carbocycles. The summed E-state index contributed by atoms with van der Waals surface area (Å²) in [6.45, 7) is 7.22. The second-order valence-electron chi connectivity index (χ2n) is 5.95. The number of halogens is 3. The van der Waals surface area contributed by atoms with E-state index >= 15 is 0 Å². The number of nitrogens with two attached hydrogens (primary N) is 1. The molecule has 2 unspecified atom stereocenters. The number of likely N-dealkylation sites (N-methyl/N-ethyl adjacent to an activating group) is 1. The summed E-state index contributed by atoms with van der Waals surface area (Å²) in [5.74, 6) is 0. The number of piperazine rings is 1. The third kappa shape index (κ3) is 4.93. The van der Waals surface area contributed by atoms with Gasteiger partial charge in [0.15, 0.2) is 0 Å². The van der Waals surface area contributed by atoms with Crippen LogP contribution in [0.3, 0.4) is 0 Å². The van der Waals surface area contributed by atoms with Crippen LogP contribution in [0.4, 0.5) is 13.2 Å². The van der Waals surface area contributed by atoms with Crippen molar-refractivity contribution in [3.05, 3.63) is 0 Å². The Bertz CT molecular complexity index is 283. The van der Waals surface area contributed by atoms with Gasteiger partial charge in [-0.25, -0.2) is 0 Å². The van der Waals surface area contributed by atoms with Gasteiger partial charge in [-0.2, -0.15) is 13.2 Å². The molecule has 6 heteroatoms. The standard InChI is InChI=1S/C13H26F3N3/c1-11-9-19(8-7-18(11)3)12(2,10-17)5-4-6-13(14,15)16/h11H,4-10,17H2,1-3H3. The van der Waals surface area contributed by atoms with Gasteiger partial charge in [0.1, 0.15) is 0 Å². The SMILES string of the molecule is CC1CN(C(C)(CN)CCCC(F)(F)F)CCN1C. The van der Waals surface area contributed by atoms with E-state index in [2.05, 4.69) is 23.8 Å². The Hall–Kier alpha value is -0.330. The van der Waals surface area contributed by atoms with E-state index in [1.54, 1.807) is 0 Å². The molecular formula is C13H26F3N3. The van der Waals surface area contributed by atoms with Crippen LogP contribution in [-0.4, -0.2) is 60.8 Å². The van der Waals surface area contributed by atoms with E-state index in [0.717, 1.165) is 19.6 Å². The van der Waals surface area contributed by atoms with E-state index in [1.165, 1.54) is 0 Å². The maximum absolute atomic E-state index is 12.2. The summed E-state index contributed by atoms with van der Waals surface area (Å²) in [7, 11) is 2.07. The predicted octanol–water partition coefficient (Wildman–Crippen LogP) is 2.07. The van der Waals surface area contributed by atoms with Crippen molar-refractivity contribution in [1.29, 1.82) is 0 Å². The summed E-state index contributed by atoms with van der Waals surface area (Å²) in [5.41, 5.74) is 5.51. The third-order valence-electron chi connectivity index (χ3n) is 4.34. The summed E-state index contributed by atoms with van der Waals surface area (Å²) >= 11 is 0. The van der Waals surface area contributed by atoms with Crippen LogP contribution in [-0.2, 0) is 0 Å². The van der Waals surface area contributed by atoms with Crippen molar-refractivity contribution in [2.45, 2.75) is 50.9 Å². The zero-order valence-electron chi connectivity index (χ0n) is 12.1. The van der Waals surface area contributed by atoms with Crippen LogP contribution in [0.1, 0.15) is 33.1 Å². The fraction of sp³-hybridized carbons (Fsp3) is 1.00. The zero-order chi connectivity index (χ0) is 14.7. The number of rotatable bonds is 5. The zero-order valence-corrected chi connectivity index (χ0v) is 12.1. The Morgan fingerprint density at radius 2 is 1.84 bits per heavy atom. The Balaban J connectivity index is 2.54. The first-order valence-electron chi connectivity index (χ1n) is 6.90. The molecule has 1 aliphatic rings. The molecule has 0 aromatic rings. The Morgan fingerprint density at radius 3 is 2.32 bits per heavy atom. The summed E-state index contributed by atoms with van der Waals surface area (Å²) in [5, 5.41) is 0. The monoisotopic (exact) mass is 281 g/mol. The lowest BCUT2D eigenvalue weighted by atomic mass is 9.91. The molecule has 19 heavy (non-hydrogen) atoms. The molecule has 0 aromatic carbocycles. The number of hydrogen-bond donors (Lipinski definition) is 1. The van der Waals surface area contributed by atoms with Crippen molar-refractivity contribution in [3.63, 3.8) is 0 Å². The normalized spacial score (nSPS) is 26.4. The van der Waals surface area contributed by atoms with Crippen molar-refractivity contribution in [3.8, 4) is 0 Å². The Labute approximate surface area is 113 Å². The van der Waals surface area contributed by atoms with Gasteiger partial charge in [-0.3, -0.25) is 4.90 Å². The van der Waals surface area contributed by atoms with E-state index in [0.29, 0.717) is 19.0 Å². The minimum absolute atomic E-state index is 0.151. The first-order valence-corrected chi connectivity index (χ1v) is 6.90. The van der Waals surface area contributed by atoms with Crippen LogP contribution in [0.5, 0.6) is 0 Å². The maximum Gasteiger partial charge on any atom is 0.389 e. The molecule has 0 spiro atoms. The smallest absolute Gasteiger partial charge is 0.329 e. The van der Waals surface area contributed by atoms with Gasteiger partial charge in [0, 0.05) is 44.2 Å². The summed E-state index contributed by atoms with van der Waals surface area (Å²) in [4.78, 5) is 4.52. The molecule has 1 fully saturated rings. The van der Waals surface area contributed by atoms with E-state index < -0.39 is 12.6 Å². The van der Waals surface area contributed by atoms with Gasteiger partial charge in [0.25, 0.3) is 0 Å². The van der Waals surface area contributed by atoms with Crippen LogP contribution < -0.4 is 5.73 Å². The van der Waals surface area contributed by atoms with Gasteiger partial charge in [-0.15, -0.1) is 0 Å². The molecular weight excluding hydrogens is 255 g/mol. The lowest BCUT2D eigenvalue weighted by Crippen LogP contribution is -2.60. The van der Waals surface area contributed by atoms with Crippen LogP contribution >= 0.6 is 0 Å². The molecule has 2 N–H and O–H groups in total. The highest BCUT2D eigenvalue weighted by atomic mass is 19.4. The van der Waals surface area contributed by atoms with Gasteiger partial charge in [-0.05, 0) is 33.7 Å². The Kier molecular flexibility index (Phi) is 5.65. The third-order valence-corrected chi connectivity index (χ3v) is 4.34.